The minimum atomic E-state index is -3.29. The van der Waals surface area contributed by atoms with Crippen molar-refractivity contribution < 1.29 is 8.42 Å². The van der Waals surface area contributed by atoms with Crippen LogP contribution in [0, 0.1) is 11.8 Å². The summed E-state index contributed by atoms with van der Waals surface area (Å²) in [5.74, 6) is 1.10. The Labute approximate surface area is 119 Å². The minimum Gasteiger partial charge on any atom is -0.389 e. The van der Waals surface area contributed by atoms with Crippen molar-refractivity contribution in [3.8, 4) is 0 Å². The zero-order valence-corrected chi connectivity index (χ0v) is 12.4. The first-order valence-corrected chi connectivity index (χ1v) is 8.29. The highest BCUT2D eigenvalue weighted by atomic mass is 32.2. The minimum absolute atomic E-state index is 0.0371. The van der Waals surface area contributed by atoms with E-state index in [0.717, 1.165) is 6.42 Å². The number of nitrogens with one attached hydrogen (secondary N) is 1. The van der Waals surface area contributed by atoms with Crippen molar-refractivity contribution in [2.75, 3.05) is 6.54 Å². The third-order valence-corrected chi connectivity index (χ3v) is 4.97. The molecule has 0 radical (unpaired) electrons. The van der Waals surface area contributed by atoms with E-state index in [1.165, 1.54) is 0 Å². The second kappa shape index (κ2) is 5.56. The summed E-state index contributed by atoms with van der Waals surface area (Å²) in [5.41, 5.74) is 6.92. The number of thiocarbonyl (C=S) groups is 1. The molecule has 1 fully saturated rings. The summed E-state index contributed by atoms with van der Waals surface area (Å²) in [6, 6.07) is 7.03. The van der Waals surface area contributed by atoms with Gasteiger partial charge in [-0.15, -0.1) is 0 Å². The van der Waals surface area contributed by atoms with Gasteiger partial charge in [0.1, 0.15) is 4.99 Å². The molecule has 2 atom stereocenters. The monoisotopic (exact) mass is 298 g/mol. The van der Waals surface area contributed by atoms with Crippen LogP contribution >= 0.6 is 12.2 Å². The summed E-state index contributed by atoms with van der Waals surface area (Å²) in [7, 11) is -3.29. The number of hydrogen-bond donors (Lipinski definition) is 2. The van der Waals surface area contributed by atoms with Gasteiger partial charge < -0.3 is 5.73 Å². The maximum atomic E-state index is 11.9. The molecule has 0 spiro atoms. The molecule has 104 valence electrons. The van der Waals surface area contributed by atoms with Crippen LogP contribution in [0.15, 0.2) is 24.3 Å². The Kier molecular flexibility index (Phi) is 4.23. The predicted molar refractivity (Wildman–Crippen MR) is 80.2 cm³/mol. The van der Waals surface area contributed by atoms with Crippen LogP contribution in [0.4, 0.5) is 0 Å². The third kappa shape index (κ3) is 4.26. The molecule has 1 aliphatic rings. The molecule has 1 aliphatic carbocycles. The molecule has 1 saturated carbocycles. The van der Waals surface area contributed by atoms with Gasteiger partial charge in [0.2, 0.25) is 10.0 Å². The lowest BCUT2D eigenvalue weighted by atomic mass is 10.1. The van der Waals surface area contributed by atoms with Crippen molar-refractivity contribution in [1.82, 2.24) is 4.72 Å². The molecule has 1 aromatic carbocycles. The fraction of sp³-hybridized carbons (Fsp3) is 0.462. The number of nitrogens with two attached hydrogens (primary N) is 1. The third-order valence-electron chi connectivity index (χ3n) is 3.41. The lowest BCUT2D eigenvalue weighted by Crippen LogP contribution is -2.27. The summed E-state index contributed by atoms with van der Waals surface area (Å²) in [5, 5.41) is 0. The van der Waals surface area contributed by atoms with Gasteiger partial charge in [-0.05, 0) is 29.9 Å². The van der Waals surface area contributed by atoms with Crippen LogP contribution in [-0.2, 0) is 15.8 Å². The van der Waals surface area contributed by atoms with E-state index in [-0.39, 0.29) is 10.7 Å². The smallest absolute Gasteiger partial charge is 0.215 e. The Hall–Kier alpha value is -0.980. The number of hydrogen-bond acceptors (Lipinski definition) is 3. The van der Waals surface area contributed by atoms with E-state index in [9.17, 15) is 8.42 Å². The molecular weight excluding hydrogens is 280 g/mol. The quantitative estimate of drug-likeness (QED) is 0.779. The zero-order valence-electron chi connectivity index (χ0n) is 10.8. The average molecular weight is 298 g/mol. The standard InChI is InChI=1S/C13H18N2O2S2/c1-9-5-12(9)7-15-19(16,17)8-10-3-2-4-11(6-10)13(14)18/h2-4,6,9,12,15H,5,7-8H2,1H3,(H2,14,18). The number of rotatable bonds is 6. The molecule has 0 heterocycles. The van der Waals surface area contributed by atoms with Gasteiger partial charge in [-0.2, -0.15) is 0 Å². The molecular formula is C13H18N2O2S2. The van der Waals surface area contributed by atoms with E-state index >= 15 is 0 Å². The number of benzene rings is 1. The van der Waals surface area contributed by atoms with E-state index in [1.54, 1.807) is 24.3 Å². The molecule has 0 aliphatic heterocycles. The second-order valence-electron chi connectivity index (χ2n) is 5.15. The Bertz CT molecular complexity index is 584. The van der Waals surface area contributed by atoms with E-state index in [4.69, 9.17) is 18.0 Å². The van der Waals surface area contributed by atoms with Crippen molar-refractivity contribution in [2.24, 2.45) is 17.6 Å². The highest BCUT2D eigenvalue weighted by Gasteiger charge is 2.33. The first kappa shape index (κ1) is 14.4. The first-order chi connectivity index (χ1) is 8.87. The van der Waals surface area contributed by atoms with Crippen LogP contribution < -0.4 is 10.5 Å². The van der Waals surface area contributed by atoms with Gasteiger partial charge >= 0.3 is 0 Å². The normalized spacial score (nSPS) is 22.2. The summed E-state index contributed by atoms with van der Waals surface area (Å²) in [4.78, 5) is 0.277. The fourth-order valence-corrected chi connectivity index (χ4v) is 3.32. The van der Waals surface area contributed by atoms with E-state index in [2.05, 4.69) is 11.6 Å². The number of sulfonamides is 1. The van der Waals surface area contributed by atoms with Gasteiger partial charge in [-0.25, -0.2) is 13.1 Å². The molecule has 3 N–H and O–H groups in total. The summed E-state index contributed by atoms with van der Waals surface area (Å²) in [6.07, 6.45) is 1.11. The van der Waals surface area contributed by atoms with Crippen molar-refractivity contribution in [3.63, 3.8) is 0 Å². The largest absolute Gasteiger partial charge is 0.389 e. The predicted octanol–water partition coefficient (Wildman–Crippen LogP) is 1.40. The molecule has 2 unspecified atom stereocenters. The lowest BCUT2D eigenvalue weighted by molar-refractivity contribution is 0.573. The molecule has 0 amide bonds. The fourth-order valence-electron chi connectivity index (χ4n) is 2.00. The molecule has 0 aromatic heterocycles. The maximum Gasteiger partial charge on any atom is 0.215 e. The summed E-state index contributed by atoms with van der Waals surface area (Å²) in [6.45, 7) is 2.67. The molecule has 0 bridgehead atoms. The van der Waals surface area contributed by atoms with Gasteiger partial charge in [-0.1, -0.05) is 37.3 Å². The molecule has 6 heteroatoms. The van der Waals surface area contributed by atoms with Crippen molar-refractivity contribution in [1.29, 1.82) is 0 Å². The van der Waals surface area contributed by atoms with Crippen LogP contribution in [0.2, 0.25) is 0 Å². The molecule has 1 aromatic rings. The maximum absolute atomic E-state index is 11.9. The molecule has 4 nitrogen and oxygen atoms in total. The first-order valence-electron chi connectivity index (χ1n) is 6.23. The van der Waals surface area contributed by atoms with Crippen molar-refractivity contribution in [3.05, 3.63) is 35.4 Å². The zero-order chi connectivity index (χ0) is 14.0. The van der Waals surface area contributed by atoms with Gasteiger partial charge in [0.15, 0.2) is 0 Å². The highest BCUT2D eigenvalue weighted by molar-refractivity contribution is 7.88. The van der Waals surface area contributed by atoms with Crippen LogP contribution in [0.3, 0.4) is 0 Å². The Balaban J connectivity index is 1.98. The van der Waals surface area contributed by atoms with Gasteiger partial charge in [0.05, 0.1) is 5.75 Å². The topological polar surface area (TPSA) is 72.2 Å². The summed E-state index contributed by atoms with van der Waals surface area (Å²) >= 11 is 4.88. The Morgan fingerprint density at radius 1 is 1.53 bits per heavy atom. The highest BCUT2D eigenvalue weighted by Crippen LogP contribution is 2.36. The van der Waals surface area contributed by atoms with Crippen LogP contribution in [-0.4, -0.2) is 20.0 Å². The van der Waals surface area contributed by atoms with Crippen molar-refractivity contribution >= 4 is 27.2 Å². The molecule has 19 heavy (non-hydrogen) atoms. The molecule has 2 rings (SSSR count). The van der Waals surface area contributed by atoms with Gasteiger partial charge in [-0.3, -0.25) is 0 Å². The van der Waals surface area contributed by atoms with Crippen LogP contribution in [0.1, 0.15) is 24.5 Å². The van der Waals surface area contributed by atoms with Gasteiger partial charge in [0.25, 0.3) is 0 Å². The second-order valence-corrected chi connectivity index (χ2v) is 7.39. The average Bonchev–Trinajstić information content (AvgIpc) is 3.03. The Morgan fingerprint density at radius 2 is 2.21 bits per heavy atom. The van der Waals surface area contributed by atoms with Crippen LogP contribution in [0.25, 0.3) is 0 Å². The van der Waals surface area contributed by atoms with Crippen LogP contribution in [0.5, 0.6) is 0 Å². The SMILES string of the molecule is CC1CC1CNS(=O)(=O)Cc1cccc(C(N)=S)c1. The van der Waals surface area contributed by atoms with Gasteiger partial charge in [0, 0.05) is 12.1 Å². The lowest BCUT2D eigenvalue weighted by Gasteiger charge is -2.07. The summed E-state index contributed by atoms with van der Waals surface area (Å²) < 4.78 is 26.5. The Morgan fingerprint density at radius 3 is 2.79 bits per heavy atom. The molecule has 0 saturated heterocycles. The van der Waals surface area contributed by atoms with Crippen molar-refractivity contribution in [2.45, 2.75) is 19.1 Å². The van der Waals surface area contributed by atoms with E-state index in [1.807, 2.05) is 0 Å². The van der Waals surface area contributed by atoms with E-state index < -0.39 is 10.0 Å². The van der Waals surface area contributed by atoms with E-state index in [0.29, 0.717) is 29.5 Å².